The van der Waals surface area contributed by atoms with E-state index >= 15 is 0 Å². The van der Waals surface area contributed by atoms with Gasteiger partial charge < -0.3 is 20.2 Å². The van der Waals surface area contributed by atoms with Gasteiger partial charge in [-0.25, -0.2) is 19.7 Å². The van der Waals surface area contributed by atoms with Crippen LogP contribution in [0.25, 0.3) is 0 Å². The van der Waals surface area contributed by atoms with Crippen LogP contribution in [0, 0.1) is 17.3 Å². The predicted octanol–water partition coefficient (Wildman–Crippen LogP) is 1.78. The summed E-state index contributed by atoms with van der Waals surface area (Å²) in [6.45, 7) is 3.09. The zero-order valence-electron chi connectivity index (χ0n) is 20.5. The van der Waals surface area contributed by atoms with Gasteiger partial charge in [0.2, 0.25) is 11.9 Å². The number of carboxylic acid groups (broad SMARTS) is 1. The summed E-state index contributed by atoms with van der Waals surface area (Å²) in [5.41, 5.74) is -0.208. The lowest BCUT2D eigenvalue weighted by atomic mass is 9.74. The Bertz CT molecular complexity index is 1130. The zero-order valence-corrected chi connectivity index (χ0v) is 20.5. The summed E-state index contributed by atoms with van der Waals surface area (Å²) in [6, 6.07) is 1.79. The number of nitrogens with one attached hydrogen (secondary N) is 1. The third kappa shape index (κ3) is 6.34. The first-order chi connectivity index (χ1) is 18.1. The normalized spacial score (nSPS) is 23.0. The highest BCUT2D eigenvalue weighted by Crippen LogP contribution is 2.44. The highest BCUT2D eigenvalue weighted by molar-refractivity contribution is 5.92. The number of carbonyl (C=O) groups is 3. The molecule has 0 radical (unpaired) electrons. The maximum Gasteiger partial charge on any atom is 0.490 e. The Morgan fingerprint density at radius 1 is 1.08 bits per heavy atom. The summed E-state index contributed by atoms with van der Waals surface area (Å²) in [5, 5.41) is 10.3. The van der Waals surface area contributed by atoms with Crippen LogP contribution in [0.1, 0.15) is 36.2 Å². The Morgan fingerprint density at radius 2 is 1.79 bits per heavy atom. The molecule has 1 aliphatic carbocycles. The smallest absolute Gasteiger partial charge is 0.475 e. The van der Waals surface area contributed by atoms with Crippen LogP contribution in [-0.2, 0) is 9.59 Å². The summed E-state index contributed by atoms with van der Waals surface area (Å²) < 4.78 is 31.7. The van der Waals surface area contributed by atoms with Crippen LogP contribution >= 0.6 is 0 Å². The van der Waals surface area contributed by atoms with E-state index in [1.165, 1.54) is 25.2 Å². The molecule has 204 valence electrons. The molecule has 0 aromatic carbocycles. The molecule has 3 fully saturated rings. The monoisotopic (exact) mass is 535 g/mol. The maximum atomic E-state index is 13.5. The number of alkyl halides is 3. The fraction of sp³-hybridized carbons (Fsp3) is 0.542. The van der Waals surface area contributed by atoms with E-state index in [1.807, 2.05) is 4.90 Å². The van der Waals surface area contributed by atoms with Gasteiger partial charge in [0.25, 0.3) is 5.91 Å². The Hall–Kier alpha value is -3.84. The molecule has 4 heterocycles. The first kappa shape index (κ1) is 27.2. The van der Waals surface area contributed by atoms with Crippen LogP contribution in [0.5, 0.6) is 0 Å². The lowest BCUT2D eigenvalue weighted by Crippen LogP contribution is -2.48. The number of hydrogen-bond acceptors (Lipinski definition) is 8. The second-order valence-corrected chi connectivity index (χ2v) is 9.68. The summed E-state index contributed by atoms with van der Waals surface area (Å²) >= 11 is 0. The lowest BCUT2D eigenvalue weighted by Gasteiger charge is -2.32. The zero-order chi connectivity index (χ0) is 27.3. The molecule has 2 atom stereocenters. The van der Waals surface area contributed by atoms with Crippen LogP contribution < -0.4 is 10.2 Å². The van der Waals surface area contributed by atoms with Crippen molar-refractivity contribution in [3.63, 3.8) is 0 Å². The average molecular weight is 536 g/mol. The fourth-order valence-corrected chi connectivity index (χ4v) is 4.90. The summed E-state index contributed by atoms with van der Waals surface area (Å²) in [7, 11) is 0. The molecule has 0 bridgehead atoms. The first-order valence-electron chi connectivity index (χ1n) is 12.3. The molecule has 2 saturated heterocycles. The van der Waals surface area contributed by atoms with E-state index in [9.17, 15) is 22.8 Å². The van der Waals surface area contributed by atoms with Crippen LogP contribution in [0.3, 0.4) is 0 Å². The molecule has 2 aromatic heterocycles. The number of likely N-dealkylation sites (tertiary alicyclic amines) is 1. The SMILES string of the molecule is O=C(O)C(F)(F)F.O=C(c1cnccn1)N1CCC[C@]2(C(=O)NCC3CC3)CN(c3ncccn3)C[C@@H]2C1. The number of fused-ring (bicyclic) bond motifs is 1. The van der Waals surface area contributed by atoms with Crippen molar-refractivity contribution in [3.05, 3.63) is 42.7 Å². The number of hydrogen-bond donors (Lipinski definition) is 2. The van der Waals surface area contributed by atoms with Gasteiger partial charge in [-0.05, 0) is 37.7 Å². The molecule has 3 aliphatic rings. The van der Waals surface area contributed by atoms with Gasteiger partial charge in [0.15, 0.2) is 0 Å². The Labute approximate surface area is 216 Å². The van der Waals surface area contributed by atoms with Gasteiger partial charge in [0, 0.05) is 63.4 Å². The maximum absolute atomic E-state index is 13.5. The van der Waals surface area contributed by atoms with E-state index in [2.05, 4.69) is 30.2 Å². The van der Waals surface area contributed by atoms with Crippen LogP contribution in [0.2, 0.25) is 0 Å². The number of aliphatic carboxylic acids is 1. The molecule has 11 nitrogen and oxygen atoms in total. The highest BCUT2D eigenvalue weighted by Gasteiger charge is 2.54. The number of aromatic nitrogens is 4. The molecule has 14 heteroatoms. The third-order valence-corrected chi connectivity index (χ3v) is 7.03. The summed E-state index contributed by atoms with van der Waals surface area (Å²) in [4.78, 5) is 56.4. The van der Waals surface area contributed by atoms with Crippen LogP contribution in [-0.4, -0.2) is 86.6 Å². The molecule has 1 saturated carbocycles. The number of nitrogens with zero attached hydrogens (tertiary/aromatic N) is 6. The van der Waals surface area contributed by atoms with Crippen molar-refractivity contribution >= 4 is 23.7 Å². The van der Waals surface area contributed by atoms with Crippen LogP contribution in [0.4, 0.5) is 19.1 Å². The Morgan fingerprint density at radius 3 is 2.39 bits per heavy atom. The van der Waals surface area contributed by atoms with Gasteiger partial charge in [0.05, 0.1) is 11.6 Å². The standard InChI is InChI=1S/C22H27N7O2.C2HF3O2/c30-19(18-12-23-8-9-24-18)28-10-1-5-22(20(31)27-11-16-3-4-16)15-29(14-17(22)13-28)21-25-6-2-7-26-21;3-2(4,5)1(6)7/h2,6-9,12,16-17H,1,3-5,10-11,13-15H2,(H,27,31);(H,6,7)/t17-,22-;/m0./s1. The number of carboxylic acids is 1. The van der Waals surface area contributed by atoms with E-state index in [0.29, 0.717) is 43.7 Å². The number of rotatable bonds is 5. The number of carbonyl (C=O) groups excluding carboxylic acids is 2. The molecule has 2 N–H and O–H groups in total. The van der Waals surface area contributed by atoms with Gasteiger partial charge in [0.1, 0.15) is 5.69 Å². The molecule has 2 aromatic rings. The van der Waals surface area contributed by atoms with Crippen molar-refractivity contribution in [1.29, 1.82) is 0 Å². The van der Waals surface area contributed by atoms with Crippen molar-refractivity contribution < 1.29 is 32.7 Å². The molecule has 2 amide bonds. The minimum absolute atomic E-state index is 0.00127. The number of halogens is 3. The van der Waals surface area contributed by atoms with E-state index in [0.717, 1.165) is 19.4 Å². The highest BCUT2D eigenvalue weighted by atomic mass is 19.4. The lowest BCUT2D eigenvalue weighted by molar-refractivity contribution is -0.192. The molecule has 5 rings (SSSR count). The van der Waals surface area contributed by atoms with Crippen molar-refractivity contribution in [3.8, 4) is 0 Å². The fourth-order valence-electron chi connectivity index (χ4n) is 4.90. The molecule has 0 unspecified atom stereocenters. The number of amides is 2. The topological polar surface area (TPSA) is 142 Å². The van der Waals surface area contributed by atoms with Gasteiger partial charge in [-0.1, -0.05) is 0 Å². The second kappa shape index (κ2) is 11.3. The minimum Gasteiger partial charge on any atom is -0.475 e. The third-order valence-electron chi connectivity index (χ3n) is 7.03. The summed E-state index contributed by atoms with van der Waals surface area (Å²) in [5.74, 6) is -1.52. The van der Waals surface area contributed by atoms with Crippen molar-refractivity contribution in [1.82, 2.24) is 30.2 Å². The van der Waals surface area contributed by atoms with E-state index in [-0.39, 0.29) is 17.7 Å². The molecular weight excluding hydrogens is 507 g/mol. The van der Waals surface area contributed by atoms with E-state index < -0.39 is 17.6 Å². The largest absolute Gasteiger partial charge is 0.490 e. The second-order valence-electron chi connectivity index (χ2n) is 9.68. The Kier molecular flexibility index (Phi) is 8.07. The van der Waals surface area contributed by atoms with Crippen LogP contribution in [0.15, 0.2) is 37.1 Å². The van der Waals surface area contributed by atoms with E-state index in [4.69, 9.17) is 9.90 Å². The summed E-state index contributed by atoms with van der Waals surface area (Å²) in [6.07, 6.45) is 6.85. The predicted molar refractivity (Wildman–Crippen MR) is 127 cm³/mol. The van der Waals surface area contributed by atoms with Gasteiger partial charge in [-0.3, -0.25) is 14.6 Å². The molecule has 38 heavy (non-hydrogen) atoms. The quantitative estimate of drug-likeness (QED) is 0.586. The van der Waals surface area contributed by atoms with Crippen molar-refractivity contribution in [2.75, 3.05) is 37.6 Å². The number of anilines is 1. The van der Waals surface area contributed by atoms with Gasteiger partial charge in [-0.15, -0.1) is 0 Å². The minimum atomic E-state index is -5.08. The van der Waals surface area contributed by atoms with Gasteiger partial charge in [-0.2, -0.15) is 13.2 Å². The van der Waals surface area contributed by atoms with E-state index in [1.54, 1.807) is 24.7 Å². The Balaban J connectivity index is 0.000000426. The molecule has 0 spiro atoms. The molecular formula is C24H28F3N7O4. The first-order valence-corrected chi connectivity index (χ1v) is 12.3. The van der Waals surface area contributed by atoms with Crippen molar-refractivity contribution in [2.24, 2.45) is 17.3 Å². The average Bonchev–Trinajstić information content (AvgIpc) is 3.70. The van der Waals surface area contributed by atoms with Gasteiger partial charge >= 0.3 is 12.1 Å². The molecule has 2 aliphatic heterocycles. The van der Waals surface area contributed by atoms with Crippen molar-refractivity contribution in [2.45, 2.75) is 31.9 Å².